The maximum atomic E-state index is 15.0. The predicted molar refractivity (Wildman–Crippen MR) is 120 cm³/mol. The van der Waals surface area contributed by atoms with E-state index in [2.05, 4.69) is 0 Å². The van der Waals surface area contributed by atoms with Crippen molar-refractivity contribution in [3.8, 4) is 5.75 Å². The Morgan fingerprint density at radius 2 is 1.64 bits per heavy atom. The maximum absolute atomic E-state index is 15.0. The van der Waals surface area contributed by atoms with Gasteiger partial charge in [-0.15, -0.1) is 0 Å². The Morgan fingerprint density at radius 3 is 2.22 bits per heavy atom. The minimum absolute atomic E-state index is 0.00820. The van der Waals surface area contributed by atoms with E-state index in [0.29, 0.717) is 17.9 Å². The number of Topliss-reactive ketones (excluding diaryl/α,β-unsaturated/α-hetero) is 1. The smallest absolute Gasteiger partial charge is 0.417 e. The first kappa shape index (κ1) is 23.2. The van der Waals surface area contributed by atoms with Crippen LogP contribution in [-0.2, 0) is 15.8 Å². The molecule has 0 radical (unpaired) electrons. The number of ketones is 1. The van der Waals surface area contributed by atoms with Gasteiger partial charge in [-0.1, -0.05) is 23.8 Å². The van der Waals surface area contributed by atoms with Crippen LogP contribution in [0.3, 0.4) is 0 Å². The molecular formula is C26H18ClF4NO4. The van der Waals surface area contributed by atoms with Crippen LogP contribution in [0, 0.1) is 41.3 Å². The molecule has 10 heteroatoms. The van der Waals surface area contributed by atoms with Crippen molar-refractivity contribution in [1.29, 1.82) is 0 Å². The summed E-state index contributed by atoms with van der Waals surface area (Å²) >= 11 is 5.57. The van der Waals surface area contributed by atoms with Crippen LogP contribution >= 0.6 is 11.6 Å². The monoisotopic (exact) mass is 519 g/mol. The highest BCUT2D eigenvalue weighted by molar-refractivity contribution is 6.31. The lowest BCUT2D eigenvalue weighted by Gasteiger charge is -2.37. The second-order valence-electron chi connectivity index (χ2n) is 9.68. The summed E-state index contributed by atoms with van der Waals surface area (Å²) in [5, 5.41) is -0.538. The number of alkyl halides is 3. The number of benzene rings is 2. The lowest BCUT2D eigenvalue weighted by molar-refractivity contribution is -0.137. The number of halogens is 5. The Kier molecular flexibility index (Phi) is 5.09. The van der Waals surface area contributed by atoms with Gasteiger partial charge in [0.15, 0.2) is 18.2 Å². The summed E-state index contributed by atoms with van der Waals surface area (Å²) in [5.41, 5.74) is -1.59. The normalized spacial score (nSPS) is 29.9. The molecule has 0 spiro atoms. The van der Waals surface area contributed by atoms with E-state index in [1.54, 1.807) is 0 Å². The fourth-order valence-corrected chi connectivity index (χ4v) is 6.33. The fraction of sp³-hybridized carbons (Fsp3) is 0.346. The van der Waals surface area contributed by atoms with Crippen LogP contribution in [0.4, 0.5) is 23.2 Å². The van der Waals surface area contributed by atoms with Gasteiger partial charge in [0.1, 0.15) is 5.75 Å². The van der Waals surface area contributed by atoms with Gasteiger partial charge in [0, 0.05) is 11.6 Å². The molecule has 0 unspecified atom stereocenters. The first-order chi connectivity index (χ1) is 17.1. The largest absolute Gasteiger partial charge is 0.485 e. The Bertz CT molecular complexity index is 1320. The van der Waals surface area contributed by atoms with E-state index in [0.717, 1.165) is 29.5 Å². The molecular weight excluding hydrogens is 502 g/mol. The average Bonchev–Trinajstić information content (AvgIpc) is 3.61. The molecule has 1 heterocycles. The highest BCUT2D eigenvalue weighted by Gasteiger charge is 2.67. The number of imide groups is 1. The topological polar surface area (TPSA) is 63.7 Å². The van der Waals surface area contributed by atoms with Gasteiger partial charge in [-0.3, -0.25) is 14.4 Å². The molecule has 5 nitrogen and oxygen atoms in total. The molecule has 6 atom stereocenters. The van der Waals surface area contributed by atoms with E-state index in [9.17, 15) is 27.6 Å². The molecule has 0 aromatic heterocycles. The van der Waals surface area contributed by atoms with E-state index in [1.807, 2.05) is 12.2 Å². The summed E-state index contributed by atoms with van der Waals surface area (Å²) in [4.78, 5) is 39.6. The molecule has 0 N–H and O–H groups in total. The van der Waals surface area contributed by atoms with E-state index >= 15 is 4.39 Å². The number of ether oxygens (including phenoxy) is 1. The van der Waals surface area contributed by atoms with Crippen LogP contribution < -0.4 is 9.64 Å². The molecule has 2 bridgehead atoms. The van der Waals surface area contributed by atoms with Crippen molar-refractivity contribution in [3.05, 3.63) is 70.5 Å². The van der Waals surface area contributed by atoms with Gasteiger partial charge in [-0.25, -0.2) is 9.29 Å². The summed E-state index contributed by atoms with van der Waals surface area (Å²) in [5.74, 6) is -2.60. The van der Waals surface area contributed by atoms with Gasteiger partial charge in [0.2, 0.25) is 11.8 Å². The summed E-state index contributed by atoms with van der Waals surface area (Å²) in [6.07, 6.45) is 0.336. The highest BCUT2D eigenvalue weighted by atomic mass is 35.5. The Labute approximate surface area is 207 Å². The van der Waals surface area contributed by atoms with E-state index in [-0.39, 0.29) is 28.8 Å². The predicted octanol–water partition coefficient (Wildman–Crippen LogP) is 5.32. The van der Waals surface area contributed by atoms with Crippen molar-refractivity contribution < 1.29 is 36.7 Å². The quantitative estimate of drug-likeness (QED) is 0.232. The van der Waals surface area contributed by atoms with E-state index < -0.39 is 58.6 Å². The van der Waals surface area contributed by atoms with Crippen LogP contribution in [0.25, 0.3) is 0 Å². The van der Waals surface area contributed by atoms with Crippen molar-refractivity contribution in [2.24, 2.45) is 35.5 Å². The molecule has 7 rings (SSSR count). The molecule has 186 valence electrons. The van der Waals surface area contributed by atoms with E-state index in [4.69, 9.17) is 16.3 Å². The van der Waals surface area contributed by atoms with Crippen molar-refractivity contribution in [3.63, 3.8) is 0 Å². The summed E-state index contributed by atoms with van der Waals surface area (Å²) in [7, 11) is 0. The lowest BCUT2D eigenvalue weighted by Crippen LogP contribution is -2.40. The van der Waals surface area contributed by atoms with Crippen molar-refractivity contribution in [1.82, 2.24) is 0 Å². The average molecular weight is 520 g/mol. The van der Waals surface area contributed by atoms with Crippen molar-refractivity contribution in [2.45, 2.75) is 12.6 Å². The zero-order valence-electron chi connectivity index (χ0n) is 18.5. The number of carbonyl (C=O) groups excluding carboxylic acids is 3. The number of amides is 2. The SMILES string of the molecule is O=C(COc1ccc(N2C(=O)[C@@H]3[C@@H]4C=C[C@@H]([C@H]5C[C@@H]45)[C@@H]3C2=O)c(F)c1)c1ccc(Cl)c(C(F)(F)F)c1. The molecule has 2 aromatic carbocycles. The van der Waals surface area contributed by atoms with Crippen LogP contribution in [0.2, 0.25) is 5.02 Å². The maximum Gasteiger partial charge on any atom is 0.417 e. The number of rotatable bonds is 5. The van der Waals surface area contributed by atoms with Crippen LogP contribution in [0.1, 0.15) is 22.3 Å². The third kappa shape index (κ3) is 3.47. The van der Waals surface area contributed by atoms with Gasteiger partial charge in [-0.2, -0.15) is 13.2 Å². The molecule has 36 heavy (non-hydrogen) atoms. The third-order valence-electron chi connectivity index (χ3n) is 7.79. The van der Waals surface area contributed by atoms with Crippen LogP contribution in [0.15, 0.2) is 48.6 Å². The standard InChI is InChI=1S/C26H18ClF4NO4/c27-18-5-1-11(7-17(18)26(29,30)31)21(33)10-36-12-2-6-20(19(28)8-12)32-24(34)22-13-3-4-14(16-9-15(13)16)23(22)25(32)35/h1-8,13-16,22-23H,9-10H2/t13-,14+,15+,16-,22-,23+. The number of carbonyl (C=O) groups is 3. The van der Waals surface area contributed by atoms with Gasteiger partial charge in [0.25, 0.3) is 0 Å². The minimum atomic E-state index is -4.73. The second-order valence-corrected chi connectivity index (χ2v) is 10.1. The van der Waals surface area contributed by atoms with E-state index in [1.165, 1.54) is 12.1 Å². The Morgan fingerprint density at radius 1 is 1.00 bits per heavy atom. The van der Waals surface area contributed by atoms with Crippen molar-refractivity contribution >= 4 is 34.9 Å². The molecule has 2 aromatic rings. The summed E-state index contributed by atoms with van der Waals surface area (Å²) < 4.78 is 59.5. The number of nitrogens with zero attached hydrogens (tertiary/aromatic N) is 1. The first-order valence-corrected chi connectivity index (χ1v) is 11.8. The third-order valence-corrected chi connectivity index (χ3v) is 8.12. The van der Waals surface area contributed by atoms with Gasteiger partial charge < -0.3 is 4.74 Å². The Balaban J connectivity index is 1.17. The number of allylic oxidation sites excluding steroid dienone is 2. The molecule has 2 amide bonds. The molecule has 3 fully saturated rings. The number of anilines is 1. The molecule has 1 saturated heterocycles. The summed E-state index contributed by atoms with van der Waals surface area (Å²) in [6.45, 7) is -0.652. The van der Waals surface area contributed by atoms with Gasteiger partial charge >= 0.3 is 6.18 Å². The molecule has 5 aliphatic rings. The van der Waals surface area contributed by atoms with Gasteiger partial charge in [-0.05, 0) is 60.4 Å². The zero-order valence-corrected chi connectivity index (χ0v) is 19.2. The molecule has 4 aliphatic carbocycles. The highest BCUT2D eigenvalue weighted by Crippen LogP contribution is 2.65. The second kappa shape index (κ2) is 7.90. The zero-order chi connectivity index (χ0) is 25.5. The summed E-state index contributed by atoms with van der Waals surface area (Å²) in [6, 6.07) is 6.23. The Hall–Kier alpha value is -3.20. The van der Waals surface area contributed by atoms with Crippen LogP contribution in [0.5, 0.6) is 5.75 Å². The van der Waals surface area contributed by atoms with Crippen molar-refractivity contribution in [2.75, 3.05) is 11.5 Å². The number of hydrogen-bond acceptors (Lipinski definition) is 4. The van der Waals surface area contributed by atoms with Gasteiger partial charge in [0.05, 0.1) is 28.1 Å². The molecule has 1 aliphatic heterocycles. The first-order valence-electron chi connectivity index (χ1n) is 11.4. The number of hydrogen-bond donors (Lipinski definition) is 0. The van der Waals surface area contributed by atoms with Crippen LogP contribution in [-0.4, -0.2) is 24.2 Å². The lowest BCUT2D eigenvalue weighted by atomic mass is 9.63. The fourth-order valence-electron chi connectivity index (χ4n) is 6.10. The minimum Gasteiger partial charge on any atom is -0.485 e. The molecule has 2 saturated carbocycles.